The molecule has 0 radical (unpaired) electrons. The zero-order chi connectivity index (χ0) is 18.7. The molecule has 0 atom stereocenters. The second kappa shape index (κ2) is 11.7. The Labute approximate surface area is 154 Å². The van der Waals surface area contributed by atoms with Gasteiger partial charge in [0.05, 0.1) is 6.54 Å². The molecule has 0 heterocycles. The maximum absolute atomic E-state index is 13.4. The summed E-state index contributed by atoms with van der Waals surface area (Å²) in [6.45, 7) is 7.55. The van der Waals surface area contributed by atoms with Gasteiger partial charge in [-0.05, 0) is 50.3 Å². The van der Waals surface area contributed by atoms with Crippen LogP contribution in [-0.2, 0) is 17.1 Å². The maximum atomic E-state index is 13.4. The quantitative estimate of drug-likeness (QED) is 0.463. The fourth-order valence-electron chi connectivity index (χ4n) is 2.23. The third-order valence-electron chi connectivity index (χ3n) is 3.31. The molecule has 0 saturated carbocycles. The summed E-state index contributed by atoms with van der Waals surface area (Å²) in [7, 11) is 0. The Balaban J connectivity index is 2.65. The molecule has 0 fully saturated rings. The molecule has 0 unspecified atom stereocenters. The number of nitrogens with one attached hydrogen (secondary N) is 3. The van der Waals surface area contributed by atoms with Crippen LogP contribution in [0.4, 0.5) is 4.39 Å². The molecule has 0 spiro atoms. The molecule has 0 saturated heterocycles. The Morgan fingerprint density at radius 1 is 1.28 bits per heavy atom. The Hall–Kier alpha value is -1.76. The van der Waals surface area contributed by atoms with Gasteiger partial charge < -0.3 is 16.0 Å². The van der Waals surface area contributed by atoms with E-state index in [0.717, 1.165) is 23.4 Å². The highest BCUT2D eigenvalue weighted by Gasteiger charge is 2.06. The van der Waals surface area contributed by atoms with Gasteiger partial charge in [0.15, 0.2) is 5.96 Å². The molecule has 1 amide bonds. The number of carbonyl (C=O) groups is 1. The van der Waals surface area contributed by atoms with E-state index in [9.17, 15) is 9.18 Å². The highest BCUT2D eigenvalue weighted by atomic mass is 32.2. The van der Waals surface area contributed by atoms with Crippen molar-refractivity contribution in [1.29, 1.82) is 0 Å². The van der Waals surface area contributed by atoms with Crippen molar-refractivity contribution in [2.75, 3.05) is 19.3 Å². The molecule has 0 aromatic heterocycles. The Kier molecular flexibility index (Phi) is 9.99. The van der Waals surface area contributed by atoms with E-state index in [1.807, 2.05) is 27.0 Å². The van der Waals surface area contributed by atoms with Crippen molar-refractivity contribution in [2.45, 2.75) is 45.5 Å². The predicted molar refractivity (Wildman–Crippen MR) is 104 cm³/mol. The van der Waals surface area contributed by atoms with Gasteiger partial charge in [-0.1, -0.05) is 6.07 Å². The van der Waals surface area contributed by atoms with Crippen molar-refractivity contribution in [3.63, 3.8) is 0 Å². The van der Waals surface area contributed by atoms with Gasteiger partial charge in [-0.15, -0.1) is 0 Å². The predicted octanol–water partition coefficient (Wildman–Crippen LogP) is 2.66. The molecule has 1 rings (SSSR count). The average Bonchev–Trinajstić information content (AvgIpc) is 2.53. The molecular formula is C18H29FN4OS. The summed E-state index contributed by atoms with van der Waals surface area (Å²) in [5.74, 6) is 1.19. The summed E-state index contributed by atoms with van der Waals surface area (Å²) in [6.07, 6.45) is 2.38. The lowest BCUT2D eigenvalue weighted by Gasteiger charge is -2.13. The van der Waals surface area contributed by atoms with E-state index >= 15 is 0 Å². The molecule has 0 aliphatic rings. The third kappa shape index (κ3) is 8.77. The van der Waals surface area contributed by atoms with E-state index < -0.39 is 0 Å². The van der Waals surface area contributed by atoms with Crippen molar-refractivity contribution < 1.29 is 9.18 Å². The average molecular weight is 369 g/mol. The highest BCUT2D eigenvalue weighted by Crippen LogP contribution is 2.17. The molecule has 1 aromatic rings. The van der Waals surface area contributed by atoms with Crippen molar-refractivity contribution in [3.05, 3.63) is 35.1 Å². The molecule has 0 bridgehead atoms. The van der Waals surface area contributed by atoms with E-state index in [-0.39, 0.29) is 17.8 Å². The SMILES string of the molecule is CCNC(=NCc1ccc(F)cc1CSC)NCCC(=O)NC(C)C. The lowest BCUT2D eigenvalue weighted by Crippen LogP contribution is -2.40. The zero-order valence-electron chi connectivity index (χ0n) is 15.5. The Morgan fingerprint density at radius 3 is 2.68 bits per heavy atom. The zero-order valence-corrected chi connectivity index (χ0v) is 16.3. The van der Waals surface area contributed by atoms with Crippen molar-refractivity contribution in [3.8, 4) is 0 Å². The molecule has 0 aliphatic heterocycles. The van der Waals surface area contributed by atoms with Crippen LogP contribution in [0.15, 0.2) is 23.2 Å². The van der Waals surface area contributed by atoms with Gasteiger partial charge in [0.1, 0.15) is 5.82 Å². The lowest BCUT2D eigenvalue weighted by atomic mass is 10.1. The number of hydrogen-bond donors (Lipinski definition) is 3. The van der Waals surface area contributed by atoms with Crippen molar-refractivity contribution in [1.82, 2.24) is 16.0 Å². The summed E-state index contributed by atoms with van der Waals surface area (Å²) in [4.78, 5) is 16.2. The second-order valence-electron chi connectivity index (χ2n) is 5.94. The number of benzene rings is 1. The Morgan fingerprint density at radius 2 is 2.04 bits per heavy atom. The summed E-state index contributed by atoms with van der Waals surface area (Å²) >= 11 is 1.65. The van der Waals surface area contributed by atoms with Gasteiger partial charge in [-0.3, -0.25) is 4.79 Å². The van der Waals surface area contributed by atoms with Gasteiger partial charge in [0, 0.05) is 31.3 Å². The number of carbonyl (C=O) groups excluding carboxylic acids is 1. The first-order valence-corrected chi connectivity index (χ1v) is 9.93. The Bertz CT molecular complexity index is 578. The van der Waals surface area contributed by atoms with Gasteiger partial charge in [-0.25, -0.2) is 9.38 Å². The van der Waals surface area contributed by atoms with Crippen LogP contribution in [0.2, 0.25) is 0 Å². The monoisotopic (exact) mass is 368 g/mol. The smallest absolute Gasteiger partial charge is 0.221 e. The van der Waals surface area contributed by atoms with Crippen LogP contribution in [0.1, 0.15) is 38.3 Å². The first-order chi connectivity index (χ1) is 12.0. The van der Waals surface area contributed by atoms with Crippen LogP contribution in [-0.4, -0.2) is 37.3 Å². The molecule has 1 aromatic carbocycles. The number of thioether (sulfide) groups is 1. The largest absolute Gasteiger partial charge is 0.357 e. The molecule has 25 heavy (non-hydrogen) atoms. The van der Waals surface area contributed by atoms with Gasteiger partial charge >= 0.3 is 0 Å². The summed E-state index contributed by atoms with van der Waals surface area (Å²) in [6, 6.07) is 4.95. The minimum Gasteiger partial charge on any atom is -0.357 e. The van der Waals surface area contributed by atoms with E-state index in [0.29, 0.717) is 25.5 Å². The topological polar surface area (TPSA) is 65.5 Å². The first-order valence-electron chi connectivity index (χ1n) is 8.54. The number of amides is 1. The fraction of sp³-hybridized carbons (Fsp3) is 0.556. The number of nitrogens with zero attached hydrogens (tertiary/aromatic N) is 1. The first kappa shape index (κ1) is 21.3. The number of rotatable bonds is 9. The molecule has 140 valence electrons. The summed E-state index contributed by atoms with van der Waals surface area (Å²) in [5, 5.41) is 9.17. The second-order valence-corrected chi connectivity index (χ2v) is 6.81. The highest BCUT2D eigenvalue weighted by molar-refractivity contribution is 7.97. The third-order valence-corrected chi connectivity index (χ3v) is 3.91. The van der Waals surface area contributed by atoms with Crippen molar-refractivity contribution in [2.24, 2.45) is 4.99 Å². The van der Waals surface area contributed by atoms with Crippen LogP contribution in [0.3, 0.4) is 0 Å². The van der Waals surface area contributed by atoms with Gasteiger partial charge in [0.25, 0.3) is 0 Å². The van der Waals surface area contributed by atoms with Gasteiger partial charge in [-0.2, -0.15) is 11.8 Å². The number of hydrogen-bond acceptors (Lipinski definition) is 3. The normalized spacial score (nSPS) is 11.5. The molecule has 3 N–H and O–H groups in total. The summed E-state index contributed by atoms with van der Waals surface area (Å²) < 4.78 is 13.4. The molecular weight excluding hydrogens is 339 g/mol. The van der Waals surface area contributed by atoms with E-state index in [4.69, 9.17) is 0 Å². The van der Waals surface area contributed by atoms with Crippen LogP contribution in [0.25, 0.3) is 0 Å². The maximum Gasteiger partial charge on any atom is 0.221 e. The minimum atomic E-state index is -0.224. The van der Waals surface area contributed by atoms with E-state index in [2.05, 4.69) is 20.9 Å². The molecule has 0 aliphatic carbocycles. The van der Waals surface area contributed by atoms with Gasteiger partial charge in [0.2, 0.25) is 5.91 Å². The fourth-order valence-corrected chi connectivity index (χ4v) is 2.81. The lowest BCUT2D eigenvalue weighted by molar-refractivity contribution is -0.121. The number of guanidine groups is 1. The van der Waals surface area contributed by atoms with Crippen molar-refractivity contribution >= 4 is 23.6 Å². The van der Waals surface area contributed by atoms with Crippen LogP contribution in [0, 0.1) is 5.82 Å². The van der Waals surface area contributed by atoms with Crippen LogP contribution < -0.4 is 16.0 Å². The molecule has 7 heteroatoms. The van der Waals surface area contributed by atoms with Crippen LogP contribution >= 0.6 is 11.8 Å². The van der Waals surface area contributed by atoms with E-state index in [1.54, 1.807) is 23.9 Å². The van der Waals surface area contributed by atoms with Crippen LogP contribution in [0.5, 0.6) is 0 Å². The standard InChI is InChI=1S/C18H29FN4OS/c1-5-20-18(21-9-8-17(24)23-13(2)3)22-11-14-6-7-16(19)10-15(14)12-25-4/h6-7,10,13H,5,8-9,11-12H2,1-4H3,(H,23,24)(H2,20,21,22). The number of aliphatic imine (C=N–C) groups is 1. The summed E-state index contributed by atoms with van der Waals surface area (Å²) in [5.41, 5.74) is 1.97. The number of halogens is 1. The minimum absolute atomic E-state index is 0.0131. The molecule has 5 nitrogen and oxygen atoms in total. The van der Waals surface area contributed by atoms with E-state index in [1.165, 1.54) is 6.07 Å².